The van der Waals surface area contributed by atoms with Crippen molar-refractivity contribution in [2.75, 3.05) is 0 Å². The van der Waals surface area contributed by atoms with Crippen LogP contribution in [0, 0.1) is 0 Å². The summed E-state index contributed by atoms with van der Waals surface area (Å²) in [6.45, 7) is 0. The van der Waals surface area contributed by atoms with Crippen LogP contribution in [0.15, 0.2) is 78.9 Å². The van der Waals surface area contributed by atoms with Crippen LogP contribution in [0.3, 0.4) is 0 Å². The van der Waals surface area contributed by atoms with Gasteiger partial charge in [-0.3, -0.25) is 4.79 Å². The highest BCUT2D eigenvalue weighted by Crippen LogP contribution is 2.21. The molecule has 0 saturated carbocycles. The summed E-state index contributed by atoms with van der Waals surface area (Å²) in [5, 5.41) is 9.26. The lowest BCUT2D eigenvalue weighted by atomic mass is 9.99. The molecule has 0 aromatic heterocycles. The van der Waals surface area contributed by atoms with Crippen LogP contribution in [0.4, 0.5) is 0 Å². The summed E-state index contributed by atoms with van der Waals surface area (Å²) in [6, 6.07) is 23.9. The second-order valence-electron chi connectivity index (χ2n) is 4.82. The van der Waals surface area contributed by atoms with Gasteiger partial charge in [0.15, 0.2) is 5.78 Å². The Morgan fingerprint density at radius 2 is 1.10 bits per heavy atom. The number of phenols is 1. The van der Waals surface area contributed by atoms with Crippen LogP contribution in [0.5, 0.6) is 5.75 Å². The second kappa shape index (κ2) is 5.63. The summed E-state index contributed by atoms with van der Waals surface area (Å²) in [4.78, 5) is 12.3. The molecule has 0 aliphatic rings. The van der Waals surface area contributed by atoms with Crippen LogP contribution in [-0.4, -0.2) is 10.9 Å². The van der Waals surface area contributed by atoms with Gasteiger partial charge in [-0.2, -0.15) is 0 Å². The minimum atomic E-state index is -0.0467. The Morgan fingerprint density at radius 1 is 0.619 bits per heavy atom. The van der Waals surface area contributed by atoms with Gasteiger partial charge >= 0.3 is 0 Å². The number of aromatic hydroxyl groups is 1. The van der Waals surface area contributed by atoms with E-state index in [4.69, 9.17) is 0 Å². The fourth-order valence-corrected chi connectivity index (χ4v) is 2.22. The summed E-state index contributed by atoms with van der Waals surface area (Å²) in [6.07, 6.45) is 0. The Kier molecular flexibility index (Phi) is 3.52. The quantitative estimate of drug-likeness (QED) is 0.723. The molecule has 0 aliphatic heterocycles. The van der Waals surface area contributed by atoms with Crippen LogP contribution >= 0.6 is 0 Å². The monoisotopic (exact) mass is 274 g/mol. The van der Waals surface area contributed by atoms with E-state index in [2.05, 4.69) is 0 Å². The average Bonchev–Trinajstić information content (AvgIpc) is 2.56. The molecule has 102 valence electrons. The summed E-state index contributed by atoms with van der Waals surface area (Å²) in [5.41, 5.74) is 3.42. The molecule has 0 atom stereocenters. The molecule has 0 fully saturated rings. The van der Waals surface area contributed by atoms with Gasteiger partial charge in [-0.25, -0.2) is 0 Å². The molecule has 1 N–H and O–H groups in total. The highest BCUT2D eigenvalue weighted by atomic mass is 16.3. The third-order valence-electron chi connectivity index (χ3n) is 3.38. The molecule has 0 heterocycles. The van der Waals surface area contributed by atoms with E-state index in [0.717, 1.165) is 11.1 Å². The Hall–Kier alpha value is -2.87. The van der Waals surface area contributed by atoms with Crippen LogP contribution in [0.2, 0.25) is 0 Å². The van der Waals surface area contributed by atoms with Crippen molar-refractivity contribution in [1.82, 2.24) is 0 Å². The largest absolute Gasteiger partial charge is 0.508 e. The molecule has 3 aromatic carbocycles. The Bertz CT molecular complexity index is 742. The van der Waals surface area contributed by atoms with Gasteiger partial charge in [0.2, 0.25) is 0 Å². The van der Waals surface area contributed by atoms with Crippen LogP contribution in [-0.2, 0) is 0 Å². The van der Waals surface area contributed by atoms with Gasteiger partial charge in [0, 0.05) is 11.1 Å². The van der Waals surface area contributed by atoms with Gasteiger partial charge in [0.25, 0.3) is 0 Å². The topological polar surface area (TPSA) is 37.3 Å². The van der Waals surface area contributed by atoms with E-state index >= 15 is 0 Å². The first kappa shape index (κ1) is 13.1. The molecule has 3 aromatic rings. The van der Waals surface area contributed by atoms with E-state index in [9.17, 15) is 9.90 Å². The number of carbonyl (C=O) groups is 1. The number of hydrogen-bond acceptors (Lipinski definition) is 2. The predicted octanol–water partition coefficient (Wildman–Crippen LogP) is 4.29. The van der Waals surface area contributed by atoms with E-state index in [0.29, 0.717) is 11.1 Å². The molecule has 0 bridgehead atoms. The molecular formula is C19H14O2. The van der Waals surface area contributed by atoms with Crippen molar-refractivity contribution in [1.29, 1.82) is 0 Å². The summed E-state index contributed by atoms with van der Waals surface area (Å²) >= 11 is 0. The van der Waals surface area contributed by atoms with Crippen LogP contribution in [0.25, 0.3) is 11.1 Å². The van der Waals surface area contributed by atoms with E-state index in [-0.39, 0.29) is 11.5 Å². The fourth-order valence-electron chi connectivity index (χ4n) is 2.22. The van der Waals surface area contributed by atoms with Crippen molar-refractivity contribution < 1.29 is 9.90 Å². The normalized spacial score (nSPS) is 10.3. The number of rotatable bonds is 3. The molecule has 0 amide bonds. The number of hydrogen-bond donors (Lipinski definition) is 1. The number of phenolic OH excluding ortho intramolecular Hbond substituents is 1. The molecule has 21 heavy (non-hydrogen) atoms. The van der Waals surface area contributed by atoms with E-state index in [1.54, 1.807) is 12.1 Å². The number of ketones is 1. The van der Waals surface area contributed by atoms with Gasteiger partial charge < -0.3 is 5.11 Å². The highest BCUT2D eigenvalue weighted by molar-refractivity contribution is 6.09. The van der Waals surface area contributed by atoms with Crippen molar-refractivity contribution in [3.8, 4) is 16.9 Å². The van der Waals surface area contributed by atoms with Gasteiger partial charge in [-0.15, -0.1) is 0 Å². The SMILES string of the molecule is O=C(c1ccc(O)cc1)c1ccc(-c2ccccc2)cc1. The van der Waals surface area contributed by atoms with Gasteiger partial charge in [0.1, 0.15) is 5.75 Å². The number of carbonyl (C=O) groups excluding carboxylic acids is 1. The third-order valence-corrected chi connectivity index (χ3v) is 3.38. The molecule has 2 heteroatoms. The maximum absolute atomic E-state index is 12.3. The predicted molar refractivity (Wildman–Crippen MR) is 83.4 cm³/mol. The Balaban J connectivity index is 1.87. The van der Waals surface area contributed by atoms with Crippen LogP contribution < -0.4 is 0 Å². The molecule has 0 unspecified atom stereocenters. The third kappa shape index (κ3) is 2.84. The van der Waals surface area contributed by atoms with Crippen molar-refractivity contribution in [3.63, 3.8) is 0 Å². The molecule has 3 rings (SSSR count). The van der Waals surface area contributed by atoms with Crippen molar-refractivity contribution in [2.45, 2.75) is 0 Å². The molecule has 0 spiro atoms. The molecular weight excluding hydrogens is 260 g/mol. The first-order valence-electron chi connectivity index (χ1n) is 6.73. The summed E-state index contributed by atoms with van der Waals surface area (Å²) < 4.78 is 0. The van der Waals surface area contributed by atoms with Crippen molar-refractivity contribution >= 4 is 5.78 Å². The first-order chi connectivity index (χ1) is 10.2. The minimum absolute atomic E-state index is 0.0467. The fraction of sp³-hybridized carbons (Fsp3) is 0. The zero-order chi connectivity index (χ0) is 14.7. The maximum atomic E-state index is 12.3. The first-order valence-corrected chi connectivity index (χ1v) is 6.73. The second-order valence-corrected chi connectivity index (χ2v) is 4.82. The lowest BCUT2D eigenvalue weighted by Gasteiger charge is -2.04. The van der Waals surface area contributed by atoms with E-state index < -0.39 is 0 Å². The lowest BCUT2D eigenvalue weighted by molar-refractivity contribution is 0.103. The lowest BCUT2D eigenvalue weighted by Crippen LogP contribution is -2.00. The zero-order valence-corrected chi connectivity index (χ0v) is 11.4. The Labute approximate surface area is 123 Å². The molecule has 0 radical (unpaired) electrons. The average molecular weight is 274 g/mol. The van der Waals surface area contributed by atoms with Gasteiger partial charge in [0.05, 0.1) is 0 Å². The van der Waals surface area contributed by atoms with Crippen LogP contribution in [0.1, 0.15) is 15.9 Å². The van der Waals surface area contributed by atoms with Crippen molar-refractivity contribution in [2.24, 2.45) is 0 Å². The van der Waals surface area contributed by atoms with Gasteiger partial charge in [-0.1, -0.05) is 54.6 Å². The number of benzene rings is 3. The van der Waals surface area contributed by atoms with Gasteiger partial charge in [-0.05, 0) is 35.4 Å². The molecule has 2 nitrogen and oxygen atoms in total. The Morgan fingerprint density at radius 3 is 1.67 bits per heavy atom. The maximum Gasteiger partial charge on any atom is 0.193 e. The summed E-state index contributed by atoms with van der Waals surface area (Å²) in [5.74, 6) is 0.112. The highest BCUT2D eigenvalue weighted by Gasteiger charge is 2.09. The van der Waals surface area contributed by atoms with E-state index in [1.165, 1.54) is 12.1 Å². The minimum Gasteiger partial charge on any atom is -0.508 e. The van der Waals surface area contributed by atoms with Crippen molar-refractivity contribution in [3.05, 3.63) is 90.0 Å². The molecule has 0 aliphatic carbocycles. The zero-order valence-electron chi connectivity index (χ0n) is 11.4. The summed E-state index contributed by atoms with van der Waals surface area (Å²) in [7, 11) is 0. The smallest absolute Gasteiger partial charge is 0.193 e. The standard InChI is InChI=1S/C19H14O2/c20-18-12-10-17(11-13-18)19(21)16-8-6-15(7-9-16)14-4-2-1-3-5-14/h1-13,20H. The molecule has 0 saturated heterocycles. The van der Waals surface area contributed by atoms with E-state index in [1.807, 2.05) is 54.6 Å².